The Kier molecular flexibility index (Phi) is 11.2. The summed E-state index contributed by atoms with van der Waals surface area (Å²) in [7, 11) is 0. The zero-order chi connectivity index (χ0) is 15.2. The molecule has 2 nitrogen and oxygen atoms in total. The first-order chi connectivity index (χ1) is 10.3. The highest BCUT2D eigenvalue weighted by Crippen LogP contribution is 2.29. The molecule has 0 aromatic carbocycles. The minimum absolute atomic E-state index is 0.831. The van der Waals surface area contributed by atoms with Gasteiger partial charge in [-0.05, 0) is 18.8 Å². The van der Waals surface area contributed by atoms with E-state index < -0.39 is 5.97 Å². The number of aliphatic carboxylic acids is 1. The third-order valence-electron chi connectivity index (χ3n) is 4.72. The van der Waals surface area contributed by atoms with Gasteiger partial charge in [0.2, 0.25) is 0 Å². The average molecular weight is 294 g/mol. The summed E-state index contributed by atoms with van der Waals surface area (Å²) >= 11 is 0. The molecule has 1 saturated carbocycles. The number of carboxylic acids is 1. The van der Waals surface area contributed by atoms with E-state index in [1.165, 1.54) is 89.5 Å². The van der Waals surface area contributed by atoms with Crippen molar-refractivity contribution in [2.24, 2.45) is 5.92 Å². The molecule has 1 N–H and O–H groups in total. The van der Waals surface area contributed by atoms with E-state index in [1.54, 1.807) is 6.08 Å². The van der Waals surface area contributed by atoms with Gasteiger partial charge in [-0.1, -0.05) is 89.5 Å². The van der Waals surface area contributed by atoms with Crippen molar-refractivity contribution in [1.29, 1.82) is 0 Å². The van der Waals surface area contributed by atoms with Crippen molar-refractivity contribution in [1.82, 2.24) is 0 Å². The number of carboxylic acid groups (broad SMARTS) is 1. The van der Waals surface area contributed by atoms with Crippen molar-refractivity contribution in [3.8, 4) is 0 Å². The summed E-state index contributed by atoms with van der Waals surface area (Å²) in [5, 5.41) is 8.45. The first kappa shape index (κ1) is 18.3. The van der Waals surface area contributed by atoms with E-state index >= 15 is 0 Å². The van der Waals surface area contributed by atoms with E-state index in [2.05, 4.69) is 0 Å². The van der Waals surface area contributed by atoms with Gasteiger partial charge in [-0.15, -0.1) is 0 Å². The lowest BCUT2D eigenvalue weighted by molar-refractivity contribution is -0.131. The molecule has 0 aliphatic heterocycles. The number of unbranched alkanes of at least 4 members (excludes halogenated alkanes) is 9. The Labute approximate surface area is 131 Å². The maximum Gasteiger partial charge on any atom is 0.327 e. The molecule has 0 saturated heterocycles. The minimum Gasteiger partial charge on any atom is -0.478 e. The van der Waals surface area contributed by atoms with Gasteiger partial charge >= 0.3 is 5.97 Å². The van der Waals surface area contributed by atoms with Gasteiger partial charge in [0.1, 0.15) is 0 Å². The Morgan fingerprint density at radius 1 is 0.857 bits per heavy atom. The second kappa shape index (κ2) is 12.9. The maximum atomic E-state index is 10.3. The molecule has 21 heavy (non-hydrogen) atoms. The van der Waals surface area contributed by atoms with E-state index in [0.29, 0.717) is 0 Å². The van der Waals surface area contributed by atoms with Gasteiger partial charge < -0.3 is 5.11 Å². The molecule has 0 bridgehead atoms. The van der Waals surface area contributed by atoms with Crippen LogP contribution in [0.15, 0.2) is 12.2 Å². The predicted octanol–water partition coefficient (Wildman–Crippen LogP) is 6.11. The van der Waals surface area contributed by atoms with Gasteiger partial charge in [0.05, 0.1) is 0 Å². The fourth-order valence-electron chi connectivity index (χ4n) is 3.42. The van der Waals surface area contributed by atoms with E-state index in [-0.39, 0.29) is 0 Å². The maximum absolute atomic E-state index is 10.3. The van der Waals surface area contributed by atoms with Gasteiger partial charge in [-0.3, -0.25) is 0 Å². The second-order valence-electron chi connectivity index (χ2n) is 6.65. The number of allylic oxidation sites excluding steroid dienone is 1. The molecule has 0 spiro atoms. The Morgan fingerprint density at radius 2 is 1.38 bits per heavy atom. The first-order valence-electron chi connectivity index (χ1n) is 9.18. The molecule has 0 amide bonds. The zero-order valence-corrected chi connectivity index (χ0v) is 13.7. The Morgan fingerprint density at radius 3 is 1.95 bits per heavy atom. The van der Waals surface area contributed by atoms with Crippen molar-refractivity contribution in [2.45, 2.75) is 96.3 Å². The summed E-state index contributed by atoms with van der Waals surface area (Å²) in [5.74, 6) is 0.239. The summed E-state index contributed by atoms with van der Waals surface area (Å²) in [6, 6.07) is 0. The van der Waals surface area contributed by atoms with Crippen LogP contribution in [0, 0.1) is 5.92 Å². The van der Waals surface area contributed by atoms with Gasteiger partial charge in [-0.2, -0.15) is 0 Å². The number of carbonyl (C=O) groups is 1. The standard InChI is InChI=1S/C19H34O2/c20-19(21)17-11-9-7-5-3-1-2-4-6-8-10-14-18-15-12-13-16-18/h11,17-18H,1-10,12-16H2,(H,20,21)/b17-11+. The molecule has 0 aromatic rings. The van der Waals surface area contributed by atoms with Crippen LogP contribution in [0.2, 0.25) is 0 Å². The van der Waals surface area contributed by atoms with E-state index in [1.807, 2.05) is 0 Å². The quantitative estimate of drug-likeness (QED) is 0.329. The normalized spacial score (nSPS) is 16.0. The van der Waals surface area contributed by atoms with Crippen LogP contribution < -0.4 is 0 Å². The van der Waals surface area contributed by atoms with Crippen LogP contribution in [0.3, 0.4) is 0 Å². The molecule has 0 radical (unpaired) electrons. The summed E-state index contributed by atoms with van der Waals surface area (Å²) in [5.41, 5.74) is 0. The molecule has 0 unspecified atom stereocenters. The third-order valence-corrected chi connectivity index (χ3v) is 4.72. The van der Waals surface area contributed by atoms with Crippen molar-refractivity contribution in [2.75, 3.05) is 0 Å². The lowest BCUT2D eigenvalue weighted by Crippen LogP contribution is -1.92. The van der Waals surface area contributed by atoms with Crippen LogP contribution in [0.4, 0.5) is 0 Å². The molecule has 122 valence electrons. The topological polar surface area (TPSA) is 37.3 Å². The average Bonchev–Trinajstić information content (AvgIpc) is 2.97. The van der Waals surface area contributed by atoms with Crippen molar-refractivity contribution < 1.29 is 9.90 Å². The molecule has 0 aromatic heterocycles. The Hall–Kier alpha value is -0.790. The van der Waals surface area contributed by atoms with Crippen LogP contribution in [0.25, 0.3) is 0 Å². The fraction of sp³-hybridized carbons (Fsp3) is 0.842. The summed E-state index contributed by atoms with van der Waals surface area (Å²) in [4.78, 5) is 10.3. The van der Waals surface area contributed by atoms with Gasteiger partial charge in [0.25, 0.3) is 0 Å². The van der Waals surface area contributed by atoms with Crippen LogP contribution >= 0.6 is 0 Å². The third kappa shape index (κ3) is 11.5. The van der Waals surface area contributed by atoms with Gasteiger partial charge in [0.15, 0.2) is 0 Å². The highest BCUT2D eigenvalue weighted by atomic mass is 16.4. The Balaban J connectivity index is 1.71. The molecule has 1 aliphatic carbocycles. The lowest BCUT2D eigenvalue weighted by atomic mass is 9.99. The summed E-state index contributed by atoms with van der Waals surface area (Å²) in [6.07, 6.45) is 23.5. The molecular formula is C19H34O2. The molecule has 0 heterocycles. The molecule has 0 atom stereocenters. The Bertz CT molecular complexity index is 277. The smallest absolute Gasteiger partial charge is 0.327 e. The predicted molar refractivity (Wildman–Crippen MR) is 89.5 cm³/mol. The van der Waals surface area contributed by atoms with E-state index in [0.717, 1.165) is 18.8 Å². The molecular weight excluding hydrogens is 260 g/mol. The zero-order valence-electron chi connectivity index (χ0n) is 13.7. The van der Waals surface area contributed by atoms with Crippen LogP contribution in [-0.4, -0.2) is 11.1 Å². The molecule has 1 rings (SSSR count). The first-order valence-corrected chi connectivity index (χ1v) is 9.18. The summed E-state index contributed by atoms with van der Waals surface area (Å²) in [6.45, 7) is 0. The molecule has 1 fully saturated rings. The highest BCUT2D eigenvalue weighted by molar-refractivity contribution is 5.79. The lowest BCUT2D eigenvalue weighted by Gasteiger charge is -2.07. The largest absolute Gasteiger partial charge is 0.478 e. The SMILES string of the molecule is O=C(O)/C=C/CCCCCCCCCCCC1CCCC1. The fourth-order valence-corrected chi connectivity index (χ4v) is 3.42. The van der Waals surface area contributed by atoms with Gasteiger partial charge in [0, 0.05) is 6.08 Å². The second-order valence-corrected chi connectivity index (χ2v) is 6.65. The van der Waals surface area contributed by atoms with Gasteiger partial charge in [-0.25, -0.2) is 4.79 Å². The van der Waals surface area contributed by atoms with E-state index in [4.69, 9.17) is 5.11 Å². The van der Waals surface area contributed by atoms with Crippen molar-refractivity contribution in [3.63, 3.8) is 0 Å². The highest BCUT2D eigenvalue weighted by Gasteiger charge is 2.13. The van der Waals surface area contributed by atoms with Crippen molar-refractivity contribution in [3.05, 3.63) is 12.2 Å². The van der Waals surface area contributed by atoms with Crippen LogP contribution in [-0.2, 0) is 4.79 Å². The molecule has 1 aliphatic rings. The summed E-state index contributed by atoms with van der Waals surface area (Å²) < 4.78 is 0. The monoisotopic (exact) mass is 294 g/mol. The van der Waals surface area contributed by atoms with Crippen molar-refractivity contribution >= 4 is 5.97 Å². The number of rotatable bonds is 13. The minimum atomic E-state index is -0.831. The van der Waals surface area contributed by atoms with E-state index in [9.17, 15) is 4.79 Å². The number of hydrogen-bond acceptors (Lipinski definition) is 1. The number of hydrogen-bond donors (Lipinski definition) is 1. The molecule has 2 heteroatoms. The van der Waals surface area contributed by atoms with Crippen LogP contribution in [0.5, 0.6) is 0 Å². The van der Waals surface area contributed by atoms with Crippen LogP contribution in [0.1, 0.15) is 96.3 Å².